The molecule has 26 heavy (non-hydrogen) atoms. The van der Waals surface area contributed by atoms with Crippen LogP contribution in [-0.2, 0) is 11.2 Å². The van der Waals surface area contributed by atoms with Crippen LogP contribution in [0.3, 0.4) is 0 Å². The quantitative estimate of drug-likeness (QED) is 0.897. The van der Waals surface area contributed by atoms with E-state index in [0.717, 1.165) is 24.2 Å². The average Bonchev–Trinajstić information content (AvgIpc) is 3.14. The molecule has 138 valence electrons. The minimum Gasteiger partial charge on any atom is -0.469 e. The Kier molecular flexibility index (Phi) is 5.76. The summed E-state index contributed by atoms with van der Waals surface area (Å²) in [5.41, 5.74) is 1.81. The first kappa shape index (κ1) is 18.2. The van der Waals surface area contributed by atoms with Gasteiger partial charge in [-0.15, -0.1) is 0 Å². The predicted octanol–water partition coefficient (Wildman–Crippen LogP) is 3.19. The maximum atomic E-state index is 12.7. The second-order valence-corrected chi connectivity index (χ2v) is 7.15. The molecule has 2 amide bonds. The molecule has 1 aromatic carbocycles. The van der Waals surface area contributed by atoms with Crippen molar-refractivity contribution in [2.75, 3.05) is 13.1 Å². The van der Waals surface area contributed by atoms with Gasteiger partial charge in [0, 0.05) is 31.1 Å². The van der Waals surface area contributed by atoms with Crippen molar-refractivity contribution in [2.45, 2.75) is 39.2 Å². The number of piperidine rings is 1. The van der Waals surface area contributed by atoms with Gasteiger partial charge in [0.15, 0.2) is 0 Å². The van der Waals surface area contributed by atoms with Crippen molar-refractivity contribution >= 4 is 11.8 Å². The zero-order valence-corrected chi connectivity index (χ0v) is 15.4. The van der Waals surface area contributed by atoms with Crippen molar-refractivity contribution in [1.29, 1.82) is 0 Å². The molecule has 0 saturated carbocycles. The predicted molar refractivity (Wildman–Crippen MR) is 99.8 cm³/mol. The fourth-order valence-corrected chi connectivity index (χ4v) is 3.40. The third-order valence-corrected chi connectivity index (χ3v) is 4.85. The largest absolute Gasteiger partial charge is 0.469 e. The molecule has 1 aromatic heterocycles. The van der Waals surface area contributed by atoms with Crippen LogP contribution < -0.4 is 5.32 Å². The van der Waals surface area contributed by atoms with Crippen LogP contribution in [0.4, 0.5) is 0 Å². The standard InChI is InChI=1S/C21H26N2O3/c1-15-7-9-17(10-8-15)21(25)23-11-3-5-18(14-23)20(24)22-16(2)13-19-6-4-12-26-19/h4,6-10,12,16,18H,3,5,11,13-14H2,1-2H3,(H,22,24). The molecule has 1 N–H and O–H groups in total. The highest BCUT2D eigenvalue weighted by Crippen LogP contribution is 2.19. The summed E-state index contributed by atoms with van der Waals surface area (Å²) >= 11 is 0. The lowest BCUT2D eigenvalue weighted by molar-refractivity contribution is -0.126. The van der Waals surface area contributed by atoms with Gasteiger partial charge in [-0.05, 0) is 51.0 Å². The monoisotopic (exact) mass is 354 g/mol. The fourth-order valence-electron chi connectivity index (χ4n) is 3.40. The van der Waals surface area contributed by atoms with E-state index in [1.807, 2.05) is 50.2 Å². The van der Waals surface area contributed by atoms with Gasteiger partial charge in [-0.1, -0.05) is 17.7 Å². The molecular weight excluding hydrogens is 328 g/mol. The lowest BCUT2D eigenvalue weighted by atomic mass is 9.96. The molecule has 0 spiro atoms. The van der Waals surface area contributed by atoms with Crippen molar-refractivity contribution < 1.29 is 14.0 Å². The highest BCUT2D eigenvalue weighted by atomic mass is 16.3. The number of amides is 2. The van der Waals surface area contributed by atoms with E-state index in [1.165, 1.54) is 0 Å². The molecule has 2 atom stereocenters. The van der Waals surface area contributed by atoms with Crippen LogP contribution in [0.15, 0.2) is 47.1 Å². The number of carbonyl (C=O) groups excluding carboxylic acids is 2. The molecule has 0 radical (unpaired) electrons. The van der Waals surface area contributed by atoms with E-state index in [-0.39, 0.29) is 23.8 Å². The number of nitrogens with zero attached hydrogens (tertiary/aromatic N) is 1. The number of hydrogen-bond donors (Lipinski definition) is 1. The minimum absolute atomic E-state index is 0.00294. The first-order valence-electron chi connectivity index (χ1n) is 9.21. The van der Waals surface area contributed by atoms with E-state index in [9.17, 15) is 9.59 Å². The molecular formula is C21H26N2O3. The number of likely N-dealkylation sites (tertiary alicyclic amines) is 1. The molecule has 0 bridgehead atoms. The van der Waals surface area contributed by atoms with Crippen molar-refractivity contribution in [3.05, 3.63) is 59.5 Å². The molecule has 2 aromatic rings. The summed E-state index contributed by atoms with van der Waals surface area (Å²) in [5, 5.41) is 3.06. The summed E-state index contributed by atoms with van der Waals surface area (Å²) in [7, 11) is 0. The van der Waals surface area contributed by atoms with Gasteiger partial charge in [0.1, 0.15) is 5.76 Å². The van der Waals surface area contributed by atoms with Gasteiger partial charge in [0.05, 0.1) is 12.2 Å². The number of rotatable bonds is 5. The maximum absolute atomic E-state index is 12.7. The van der Waals surface area contributed by atoms with Crippen LogP contribution >= 0.6 is 0 Å². The van der Waals surface area contributed by atoms with E-state index in [1.54, 1.807) is 11.2 Å². The van der Waals surface area contributed by atoms with E-state index >= 15 is 0 Å². The first-order valence-corrected chi connectivity index (χ1v) is 9.21. The molecule has 2 heterocycles. The Morgan fingerprint density at radius 2 is 2.04 bits per heavy atom. The summed E-state index contributed by atoms with van der Waals surface area (Å²) in [4.78, 5) is 27.1. The Morgan fingerprint density at radius 3 is 2.73 bits per heavy atom. The summed E-state index contributed by atoms with van der Waals surface area (Å²) in [6.07, 6.45) is 3.97. The minimum atomic E-state index is -0.155. The van der Waals surface area contributed by atoms with Gasteiger partial charge >= 0.3 is 0 Å². The summed E-state index contributed by atoms with van der Waals surface area (Å²) < 4.78 is 5.33. The van der Waals surface area contributed by atoms with Gasteiger partial charge in [-0.2, -0.15) is 0 Å². The van der Waals surface area contributed by atoms with Crippen molar-refractivity contribution in [1.82, 2.24) is 10.2 Å². The lowest BCUT2D eigenvalue weighted by Gasteiger charge is -2.32. The Balaban J connectivity index is 1.56. The van der Waals surface area contributed by atoms with E-state index in [2.05, 4.69) is 5.32 Å². The van der Waals surface area contributed by atoms with Crippen LogP contribution in [0.5, 0.6) is 0 Å². The van der Waals surface area contributed by atoms with Crippen molar-refractivity contribution in [3.63, 3.8) is 0 Å². The normalized spacial score (nSPS) is 18.4. The molecule has 1 fully saturated rings. The molecule has 2 unspecified atom stereocenters. The van der Waals surface area contributed by atoms with Gasteiger partial charge in [0.25, 0.3) is 5.91 Å². The molecule has 3 rings (SSSR count). The molecule has 1 aliphatic rings. The number of carbonyl (C=O) groups is 2. The second kappa shape index (κ2) is 8.21. The third kappa shape index (κ3) is 4.54. The van der Waals surface area contributed by atoms with Gasteiger partial charge < -0.3 is 14.6 Å². The van der Waals surface area contributed by atoms with Crippen molar-refractivity contribution in [3.8, 4) is 0 Å². The highest BCUT2D eigenvalue weighted by molar-refractivity contribution is 5.94. The number of aryl methyl sites for hydroxylation is 1. The third-order valence-electron chi connectivity index (χ3n) is 4.85. The molecule has 1 saturated heterocycles. The summed E-state index contributed by atoms with van der Waals surface area (Å²) in [6, 6.07) is 11.3. The topological polar surface area (TPSA) is 62.6 Å². The Bertz CT molecular complexity index is 737. The number of furan rings is 1. The van der Waals surface area contributed by atoms with Gasteiger partial charge in [-0.25, -0.2) is 0 Å². The van der Waals surface area contributed by atoms with Crippen LogP contribution in [-0.4, -0.2) is 35.8 Å². The summed E-state index contributed by atoms with van der Waals surface area (Å²) in [5.74, 6) is 0.728. The van der Waals surface area contributed by atoms with E-state index < -0.39 is 0 Å². The smallest absolute Gasteiger partial charge is 0.253 e. The van der Waals surface area contributed by atoms with Crippen LogP contribution in [0, 0.1) is 12.8 Å². The van der Waals surface area contributed by atoms with Crippen LogP contribution in [0.1, 0.15) is 41.4 Å². The zero-order chi connectivity index (χ0) is 18.5. The van der Waals surface area contributed by atoms with Gasteiger partial charge in [-0.3, -0.25) is 9.59 Å². The highest BCUT2D eigenvalue weighted by Gasteiger charge is 2.29. The molecule has 5 nitrogen and oxygen atoms in total. The first-order chi connectivity index (χ1) is 12.5. The summed E-state index contributed by atoms with van der Waals surface area (Å²) in [6.45, 7) is 5.16. The number of benzene rings is 1. The Hall–Kier alpha value is -2.56. The maximum Gasteiger partial charge on any atom is 0.253 e. The molecule has 0 aliphatic carbocycles. The molecule has 1 aliphatic heterocycles. The van der Waals surface area contributed by atoms with E-state index in [0.29, 0.717) is 25.1 Å². The Morgan fingerprint density at radius 1 is 1.27 bits per heavy atom. The lowest BCUT2D eigenvalue weighted by Crippen LogP contribution is -2.47. The Labute approximate surface area is 154 Å². The second-order valence-electron chi connectivity index (χ2n) is 7.15. The number of nitrogens with one attached hydrogen (secondary N) is 1. The molecule has 5 heteroatoms. The van der Waals surface area contributed by atoms with E-state index in [4.69, 9.17) is 4.42 Å². The van der Waals surface area contributed by atoms with Crippen molar-refractivity contribution in [2.24, 2.45) is 5.92 Å². The fraction of sp³-hybridized carbons (Fsp3) is 0.429. The average molecular weight is 354 g/mol. The number of hydrogen-bond acceptors (Lipinski definition) is 3. The zero-order valence-electron chi connectivity index (χ0n) is 15.4. The van der Waals surface area contributed by atoms with Crippen LogP contribution in [0.25, 0.3) is 0 Å². The van der Waals surface area contributed by atoms with Gasteiger partial charge in [0.2, 0.25) is 5.91 Å². The SMILES string of the molecule is Cc1ccc(C(=O)N2CCCC(C(=O)NC(C)Cc3ccco3)C2)cc1. The van der Waals surface area contributed by atoms with Crippen LogP contribution in [0.2, 0.25) is 0 Å².